The number of rotatable bonds is 2. The van der Waals surface area contributed by atoms with Crippen molar-refractivity contribution in [3.8, 4) is 0 Å². The number of carbonyl (C=O) groups excluding carboxylic acids is 3. The Morgan fingerprint density at radius 3 is 2.73 bits per heavy atom. The van der Waals surface area contributed by atoms with Crippen molar-refractivity contribution >= 4 is 17.7 Å². The van der Waals surface area contributed by atoms with Crippen LogP contribution >= 0.6 is 0 Å². The molecule has 2 saturated heterocycles. The fourth-order valence-electron chi connectivity index (χ4n) is 3.15. The summed E-state index contributed by atoms with van der Waals surface area (Å²) < 4.78 is 1.51. The molecular weight excluding hydrogens is 286 g/mol. The quantitative estimate of drug-likeness (QED) is 0.763. The molecular formula is C15H17N3O4. The van der Waals surface area contributed by atoms with Crippen LogP contribution in [0.15, 0.2) is 23.1 Å². The minimum absolute atomic E-state index is 0.132. The average Bonchev–Trinajstić information content (AvgIpc) is 3.02. The molecule has 0 saturated carbocycles. The topological polar surface area (TPSA) is 88.5 Å². The molecule has 0 bridgehead atoms. The van der Waals surface area contributed by atoms with Crippen molar-refractivity contribution in [3.63, 3.8) is 0 Å². The Hall–Kier alpha value is -2.44. The molecule has 2 aliphatic heterocycles. The zero-order valence-electron chi connectivity index (χ0n) is 12.3. The molecule has 2 aliphatic rings. The van der Waals surface area contributed by atoms with Crippen LogP contribution in [-0.4, -0.2) is 40.3 Å². The van der Waals surface area contributed by atoms with Gasteiger partial charge in [0.25, 0.3) is 11.5 Å². The monoisotopic (exact) mass is 303 g/mol. The van der Waals surface area contributed by atoms with Crippen molar-refractivity contribution in [2.45, 2.75) is 26.3 Å². The number of hydrogen-bond acceptors (Lipinski definition) is 4. The summed E-state index contributed by atoms with van der Waals surface area (Å²) in [4.78, 5) is 49.2. The van der Waals surface area contributed by atoms with E-state index in [1.165, 1.54) is 10.6 Å². The van der Waals surface area contributed by atoms with Gasteiger partial charge in [-0.3, -0.25) is 24.5 Å². The van der Waals surface area contributed by atoms with Gasteiger partial charge >= 0.3 is 0 Å². The first kappa shape index (κ1) is 14.5. The second-order valence-electron chi connectivity index (χ2n) is 5.85. The number of imide groups is 1. The SMILES string of the molecule is CCn1ccc(C(=O)N2CC[C@]3(CC(=O)NC3=O)C2)cc1=O. The molecule has 3 heterocycles. The summed E-state index contributed by atoms with van der Waals surface area (Å²) in [7, 11) is 0. The lowest BCUT2D eigenvalue weighted by Crippen LogP contribution is -2.37. The van der Waals surface area contributed by atoms with Crippen LogP contribution in [0.4, 0.5) is 0 Å². The third-order valence-electron chi connectivity index (χ3n) is 4.46. The molecule has 3 amide bonds. The van der Waals surface area contributed by atoms with Crippen molar-refractivity contribution in [2.24, 2.45) is 5.41 Å². The maximum absolute atomic E-state index is 12.5. The van der Waals surface area contributed by atoms with Crippen LogP contribution in [0.5, 0.6) is 0 Å². The van der Waals surface area contributed by atoms with E-state index in [-0.39, 0.29) is 36.2 Å². The molecule has 1 aromatic heterocycles. The number of nitrogens with zero attached hydrogens (tertiary/aromatic N) is 2. The lowest BCUT2D eigenvalue weighted by molar-refractivity contribution is -0.128. The van der Waals surface area contributed by atoms with Gasteiger partial charge in [0.05, 0.1) is 5.41 Å². The number of hydrogen-bond donors (Lipinski definition) is 1. The Morgan fingerprint density at radius 1 is 1.36 bits per heavy atom. The van der Waals surface area contributed by atoms with Crippen LogP contribution in [-0.2, 0) is 16.1 Å². The summed E-state index contributed by atoms with van der Waals surface area (Å²) in [6, 6.07) is 2.93. The smallest absolute Gasteiger partial charge is 0.254 e. The minimum Gasteiger partial charge on any atom is -0.338 e. The van der Waals surface area contributed by atoms with Crippen molar-refractivity contribution in [1.29, 1.82) is 0 Å². The predicted octanol–water partition coefficient (Wildman–Crippen LogP) is -0.253. The second-order valence-corrected chi connectivity index (χ2v) is 5.85. The van der Waals surface area contributed by atoms with Gasteiger partial charge < -0.3 is 9.47 Å². The largest absolute Gasteiger partial charge is 0.338 e. The summed E-state index contributed by atoms with van der Waals surface area (Å²) >= 11 is 0. The predicted molar refractivity (Wildman–Crippen MR) is 77.1 cm³/mol. The molecule has 1 spiro atoms. The van der Waals surface area contributed by atoms with Gasteiger partial charge in [0.15, 0.2) is 0 Å². The molecule has 22 heavy (non-hydrogen) atoms. The molecule has 1 aromatic rings. The molecule has 116 valence electrons. The number of aryl methyl sites for hydroxylation is 1. The van der Waals surface area contributed by atoms with Crippen molar-refractivity contribution in [3.05, 3.63) is 34.2 Å². The van der Waals surface area contributed by atoms with E-state index < -0.39 is 5.41 Å². The van der Waals surface area contributed by atoms with Crippen LogP contribution in [0, 0.1) is 5.41 Å². The lowest BCUT2D eigenvalue weighted by Gasteiger charge is -2.20. The Balaban J connectivity index is 1.80. The number of aromatic nitrogens is 1. The van der Waals surface area contributed by atoms with E-state index in [9.17, 15) is 19.2 Å². The van der Waals surface area contributed by atoms with Crippen molar-refractivity contribution in [2.75, 3.05) is 13.1 Å². The Labute approximate surface area is 126 Å². The number of carbonyl (C=O) groups is 3. The molecule has 7 heteroatoms. The first-order chi connectivity index (χ1) is 10.4. The van der Waals surface area contributed by atoms with E-state index in [0.29, 0.717) is 25.1 Å². The van der Waals surface area contributed by atoms with Gasteiger partial charge in [0, 0.05) is 43.9 Å². The van der Waals surface area contributed by atoms with E-state index in [1.54, 1.807) is 17.2 Å². The molecule has 0 radical (unpaired) electrons. The highest BCUT2D eigenvalue weighted by Gasteiger charge is 2.51. The van der Waals surface area contributed by atoms with Crippen molar-refractivity contribution in [1.82, 2.24) is 14.8 Å². The van der Waals surface area contributed by atoms with Crippen LogP contribution < -0.4 is 10.9 Å². The van der Waals surface area contributed by atoms with Crippen LogP contribution in [0.2, 0.25) is 0 Å². The third kappa shape index (κ3) is 2.22. The van der Waals surface area contributed by atoms with E-state index in [2.05, 4.69) is 5.32 Å². The van der Waals surface area contributed by atoms with Crippen molar-refractivity contribution < 1.29 is 14.4 Å². The van der Waals surface area contributed by atoms with E-state index in [1.807, 2.05) is 6.92 Å². The summed E-state index contributed by atoms with van der Waals surface area (Å²) in [5.41, 5.74) is -0.696. The molecule has 3 rings (SSSR count). The highest BCUT2D eigenvalue weighted by atomic mass is 16.2. The van der Waals surface area contributed by atoms with Gasteiger partial charge in [-0.2, -0.15) is 0 Å². The third-order valence-corrected chi connectivity index (χ3v) is 4.46. The van der Waals surface area contributed by atoms with Gasteiger partial charge in [-0.1, -0.05) is 0 Å². The van der Waals surface area contributed by atoms with Crippen LogP contribution in [0.3, 0.4) is 0 Å². The zero-order chi connectivity index (χ0) is 15.9. The number of nitrogens with one attached hydrogen (secondary N) is 1. The standard InChI is InChI=1S/C15H17N3O4/c1-2-17-5-3-10(7-12(17)20)13(21)18-6-4-15(9-18)8-11(19)16-14(15)22/h3,5,7H,2,4,6,8-9H2,1H3,(H,16,19,22)/t15-/m0/s1. The highest BCUT2D eigenvalue weighted by Crippen LogP contribution is 2.37. The minimum atomic E-state index is -0.787. The summed E-state index contributed by atoms with van der Waals surface area (Å²) in [5, 5.41) is 2.30. The fraction of sp³-hybridized carbons (Fsp3) is 0.467. The van der Waals surface area contributed by atoms with E-state index in [4.69, 9.17) is 0 Å². The molecule has 1 atom stereocenters. The second kappa shape index (κ2) is 5.08. The van der Waals surface area contributed by atoms with Gasteiger partial charge in [0.2, 0.25) is 11.8 Å². The molecule has 2 fully saturated rings. The normalized spacial score (nSPS) is 24.1. The molecule has 0 unspecified atom stereocenters. The maximum atomic E-state index is 12.5. The van der Waals surface area contributed by atoms with Crippen LogP contribution in [0.1, 0.15) is 30.1 Å². The fourth-order valence-corrected chi connectivity index (χ4v) is 3.15. The van der Waals surface area contributed by atoms with E-state index >= 15 is 0 Å². The first-order valence-electron chi connectivity index (χ1n) is 7.29. The van der Waals surface area contributed by atoms with Gasteiger partial charge in [-0.25, -0.2) is 0 Å². The summed E-state index contributed by atoms with van der Waals surface area (Å²) in [6.45, 7) is 3.03. The number of amides is 3. The highest BCUT2D eigenvalue weighted by molar-refractivity contribution is 6.06. The lowest BCUT2D eigenvalue weighted by atomic mass is 9.85. The Bertz CT molecular complexity index is 724. The molecule has 0 aliphatic carbocycles. The van der Waals surface area contributed by atoms with Gasteiger partial charge in [0.1, 0.15) is 0 Å². The van der Waals surface area contributed by atoms with Crippen LogP contribution in [0.25, 0.3) is 0 Å². The Kier molecular flexibility index (Phi) is 3.35. The average molecular weight is 303 g/mol. The van der Waals surface area contributed by atoms with E-state index in [0.717, 1.165) is 0 Å². The number of pyridine rings is 1. The Morgan fingerprint density at radius 2 is 2.14 bits per heavy atom. The summed E-state index contributed by atoms with van der Waals surface area (Å²) in [5.74, 6) is -0.858. The van der Waals surface area contributed by atoms with Gasteiger partial charge in [-0.15, -0.1) is 0 Å². The maximum Gasteiger partial charge on any atom is 0.254 e. The first-order valence-corrected chi connectivity index (χ1v) is 7.29. The van der Waals surface area contributed by atoms with Gasteiger partial charge in [-0.05, 0) is 19.4 Å². The zero-order valence-corrected chi connectivity index (χ0v) is 12.3. The molecule has 7 nitrogen and oxygen atoms in total. The summed E-state index contributed by atoms with van der Waals surface area (Å²) in [6.07, 6.45) is 2.20. The molecule has 0 aromatic carbocycles. The number of likely N-dealkylation sites (tertiary alicyclic amines) is 1. The molecule has 1 N–H and O–H groups in total.